The van der Waals surface area contributed by atoms with Crippen molar-refractivity contribution in [2.24, 2.45) is 0 Å². The molecule has 0 bridgehead atoms. The fourth-order valence-electron chi connectivity index (χ4n) is 2.75. The van der Waals surface area contributed by atoms with Crippen LogP contribution in [0, 0.1) is 5.82 Å². The average Bonchev–Trinajstić information content (AvgIpc) is 2.60. The summed E-state index contributed by atoms with van der Waals surface area (Å²) in [6.07, 6.45) is 5.58. The second-order valence-corrected chi connectivity index (χ2v) is 6.27. The third-order valence-electron chi connectivity index (χ3n) is 4.03. The largest absolute Gasteiger partial charge is 0.348 e. The Morgan fingerprint density at radius 1 is 1.12 bits per heavy atom. The number of halogens is 2. The number of nitrogens with zero attached hydrogens (tertiary/aromatic N) is 2. The maximum Gasteiger partial charge on any atom is 0.272 e. The van der Waals surface area contributed by atoms with Crippen LogP contribution in [0.1, 0.15) is 42.6 Å². The quantitative estimate of drug-likeness (QED) is 0.873. The zero-order valence-electron chi connectivity index (χ0n) is 13.1. The van der Waals surface area contributed by atoms with E-state index < -0.39 is 5.82 Å². The summed E-state index contributed by atoms with van der Waals surface area (Å²) in [6, 6.07) is 7.77. The van der Waals surface area contributed by atoms with Gasteiger partial charge in [0.1, 0.15) is 5.82 Å². The highest BCUT2D eigenvalue weighted by molar-refractivity contribution is 6.31. The zero-order valence-corrected chi connectivity index (χ0v) is 13.8. The fraction of sp³-hybridized carbons (Fsp3) is 0.353. The first-order valence-corrected chi connectivity index (χ1v) is 8.36. The molecular weight excluding hydrogens is 331 g/mol. The van der Waals surface area contributed by atoms with Gasteiger partial charge in [0.05, 0.1) is 5.02 Å². The molecule has 126 valence electrons. The van der Waals surface area contributed by atoms with Crippen molar-refractivity contribution in [2.75, 3.05) is 5.32 Å². The van der Waals surface area contributed by atoms with Crippen molar-refractivity contribution >= 4 is 29.0 Å². The number of carbonyl (C=O) groups is 1. The van der Waals surface area contributed by atoms with Crippen molar-refractivity contribution in [2.45, 2.75) is 38.1 Å². The highest BCUT2D eigenvalue weighted by Gasteiger charge is 2.17. The van der Waals surface area contributed by atoms with Gasteiger partial charge in [0.25, 0.3) is 5.91 Å². The number of anilines is 2. The minimum atomic E-state index is -0.483. The van der Waals surface area contributed by atoms with E-state index >= 15 is 0 Å². The van der Waals surface area contributed by atoms with Crippen LogP contribution in [0.15, 0.2) is 30.3 Å². The van der Waals surface area contributed by atoms with Crippen molar-refractivity contribution in [1.82, 2.24) is 15.5 Å². The Balaban J connectivity index is 1.61. The lowest BCUT2D eigenvalue weighted by molar-refractivity contribution is 0.0921. The van der Waals surface area contributed by atoms with Gasteiger partial charge < -0.3 is 10.6 Å². The maximum atomic E-state index is 13.1. The summed E-state index contributed by atoms with van der Waals surface area (Å²) in [5.74, 6) is -0.235. The number of amides is 1. The molecule has 1 fully saturated rings. The average molecular weight is 349 g/mol. The van der Waals surface area contributed by atoms with Gasteiger partial charge in [-0.1, -0.05) is 30.9 Å². The van der Waals surface area contributed by atoms with Crippen LogP contribution in [0.2, 0.25) is 5.02 Å². The molecule has 1 aliphatic rings. The predicted molar refractivity (Wildman–Crippen MR) is 91.1 cm³/mol. The third-order valence-corrected chi connectivity index (χ3v) is 4.32. The van der Waals surface area contributed by atoms with Crippen LogP contribution in [0.5, 0.6) is 0 Å². The summed E-state index contributed by atoms with van der Waals surface area (Å²) in [7, 11) is 0. The number of benzene rings is 1. The molecule has 5 nitrogen and oxygen atoms in total. The van der Waals surface area contributed by atoms with Gasteiger partial charge in [0.2, 0.25) is 0 Å². The van der Waals surface area contributed by atoms with Crippen LogP contribution in [0.3, 0.4) is 0 Å². The molecule has 0 atom stereocenters. The molecule has 0 spiro atoms. The summed E-state index contributed by atoms with van der Waals surface area (Å²) in [5.41, 5.74) is 0.873. The monoisotopic (exact) mass is 348 g/mol. The number of carbonyl (C=O) groups excluding carboxylic acids is 1. The van der Waals surface area contributed by atoms with Crippen molar-refractivity contribution in [3.05, 3.63) is 46.9 Å². The third kappa shape index (κ3) is 4.20. The van der Waals surface area contributed by atoms with Gasteiger partial charge in [-0.15, -0.1) is 10.2 Å². The number of hydrogen-bond acceptors (Lipinski definition) is 4. The van der Waals surface area contributed by atoms with Crippen molar-refractivity contribution in [3.8, 4) is 0 Å². The van der Waals surface area contributed by atoms with Gasteiger partial charge >= 0.3 is 0 Å². The van der Waals surface area contributed by atoms with Crippen LogP contribution < -0.4 is 10.6 Å². The molecular formula is C17H18ClFN4O. The molecule has 1 heterocycles. The first kappa shape index (κ1) is 16.6. The standard InChI is InChI=1S/C17H18ClFN4O/c18-13-10-12(6-7-14(13)19)20-16-9-8-15(22-23-16)17(24)21-11-4-2-1-3-5-11/h6-11H,1-5H2,(H,20,23)(H,21,24). The fourth-order valence-corrected chi connectivity index (χ4v) is 2.93. The van der Waals surface area contributed by atoms with E-state index in [1.807, 2.05) is 0 Å². The molecule has 0 aliphatic heterocycles. The first-order chi connectivity index (χ1) is 11.6. The van der Waals surface area contributed by atoms with Gasteiger partial charge in [-0.05, 0) is 43.2 Å². The predicted octanol–water partition coefficient (Wildman–Crippen LogP) is 4.08. The van der Waals surface area contributed by atoms with Crippen LogP contribution in [0.25, 0.3) is 0 Å². The lowest BCUT2D eigenvalue weighted by Gasteiger charge is -2.22. The number of nitrogens with one attached hydrogen (secondary N) is 2. The van der Waals surface area contributed by atoms with Gasteiger partial charge in [-0.2, -0.15) is 0 Å². The lowest BCUT2D eigenvalue weighted by atomic mass is 9.95. The molecule has 1 aliphatic carbocycles. The normalized spacial score (nSPS) is 15.1. The molecule has 7 heteroatoms. The maximum absolute atomic E-state index is 13.1. The first-order valence-electron chi connectivity index (χ1n) is 7.98. The molecule has 0 radical (unpaired) electrons. The van der Waals surface area contributed by atoms with Crippen LogP contribution >= 0.6 is 11.6 Å². The number of hydrogen-bond donors (Lipinski definition) is 2. The zero-order chi connectivity index (χ0) is 16.9. The van der Waals surface area contributed by atoms with E-state index in [0.29, 0.717) is 11.5 Å². The second-order valence-electron chi connectivity index (χ2n) is 5.87. The van der Waals surface area contributed by atoms with Crippen molar-refractivity contribution in [1.29, 1.82) is 0 Å². The van der Waals surface area contributed by atoms with E-state index in [4.69, 9.17) is 11.6 Å². The van der Waals surface area contributed by atoms with Crippen LogP contribution in [0.4, 0.5) is 15.9 Å². The summed E-state index contributed by atoms with van der Waals surface area (Å²) in [6.45, 7) is 0. The van der Waals surface area contributed by atoms with Gasteiger partial charge in [-0.3, -0.25) is 4.79 Å². The van der Waals surface area contributed by atoms with Gasteiger partial charge in [-0.25, -0.2) is 4.39 Å². The Bertz CT molecular complexity index is 717. The minimum absolute atomic E-state index is 0.0245. The molecule has 1 amide bonds. The number of aromatic nitrogens is 2. The molecule has 0 unspecified atom stereocenters. The Morgan fingerprint density at radius 2 is 1.92 bits per heavy atom. The van der Waals surface area contributed by atoms with Gasteiger partial charge in [0, 0.05) is 11.7 Å². The van der Waals surface area contributed by atoms with E-state index in [1.165, 1.54) is 18.6 Å². The Morgan fingerprint density at radius 3 is 2.58 bits per heavy atom. The molecule has 0 saturated heterocycles. The van der Waals surface area contributed by atoms with E-state index in [1.54, 1.807) is 18.2 Å². The summed E-state index contributed by atoms with van der Waals surface area (Å²) in [4.78, 5) is 12.2. The SMILES string of the molecule is O=C(NC1CCCCC1)c1ccc(Nc2ccc(F)c(Cl)c2)nn1. The smallest absolute Gasteiger partial charge is 0.272 e. The van der Waals surface area contributed by atoms with Gasteiger partial charge in [0.15, 0.2) is 11.5 Å². The Kier molecular flexibility index (Phi) is 5.25. The minimum Gasteiger partial charge on any atom is -0.348 e. The summed E-state index contributed by atoms with van der Waals surface area (Å²) >= 11 is 5.74. The van der Waals surface area contributed by atoms with E-state index in [2.05, 4.69) is 20.8 Å². The molecule has 1 saturated carbocycles. The lowest BCUT2D eigenvalue weighted by Crippen LogP contribution is -2.36. The highest BCUT2D eigenvalue weighted by atomic mass is 35.5. The van der Waals surface area contributed by atoms with Crippen molar-refractivity contribution < 1.29 is 9.18 Å². The summed E-state index contributed by atoms with van der Waals surface area (Å²) < 4.78 is 13.1. The van der Waals surface area contributed by atoms with E-state index in [9.17, 15) is 9.18 Å². The Hall–Kier alpha value is -2.21. The van der Waals surface area contributed by atoms with Crippen molar-refractivity contribution in [3.63, 3.8) is 0 Å². The molecule has 3 rings (SSSR count). The molecule has 24 heavy (non-hydrogen) atoms. The van der Waals surface area contributed by atoms with Crippen LogP contribution in [-0.2, 0) is 0 Å². The van der Waals surface area contributed by atoms with E-state index in [-0.39, 0.29) is 22.7 Å². The number of rotatable bonds is 4. The molecule has 2 aromatic rings. The molecule has 2 N–H and O–H groups in total. The molecule has 1 aromatic heterocycles. The highest BCUT2D eigenvalue weighted by Crippen LogP contribution is 2.22. The molecule has 1 aromatic carbocycles. The van der Waals surface area contributed by atoms with Crippen LogP contribution in [-0.4, -0.2) is 22.1 Å². The summed E-state index contributed by atoms with van der Waals surface area (Å²) in [5, 5.41) is 13.9. The van der Waals surface area contributed by atoms with E-state index in [0.717, 1.165) is 25.7 Å². The second kappa shape index (κ2) is 7.57. The topological polar surface area (TPSA) is 66.9 Å². The Labute approximate surface area is 144 Å².